The van der Waals surface area contributed by atoms with Gasteiger partial charge in [-0.3, -0.25) is 4.90 Å². The van der Waals surface area contributed by atoms with E-state index in [1.165, 1.54) is 0 Å². The lowest BCUT2D eigenvalue weighted by molar-refractivity contribution is 0.0926. The summed E-state index contributed by atoms with van der Waals surface area (Å²) in [6.07, 6.45) is 0. The first-order valence-corrected chi connectivity index (χ1v) is 2.79. The van der Waals surface area contributed by atoms with Crippen molar-refractivity contribution in [3.8, 4) is 0 Å². The number of nitrogens with zero attached hydrogens (tertiary/aromatic N) is 1. The molecular formula is C5H13NO2. The average Bonchev–Trinajstić information content (AvgIpc) is 1.83. The molecule has 0 atom stereocenters. The van der Waals surface area contributed by atoms with Crippen LogP contribution in [0, 0.1) is 0 Å². The summed E-state index contributed by atoms with van der Waals surface area (Å²) < 4.78 is 0. The third-order valence-corrected chi connectivity index (χ3v) is 1.06. The van der Waals surface area contributed by atoms with Gasteiger partial charge in [-0.15, -0.1) is 0 Å². The summed E-state index contributed by atoms with van der Waals surface area (Å²) in [5, 5.41) is 16.8. The molecule has 0 unspecified atom stereocenters. The van der Waals surface area contributed by atoms with Crippen molar-refractivity contribution < 1.29 is 10.2 Å². The Bertz CT molecular complexity index is 45.7. The molecule has 0 saturated carbocycles. The summed E-state index contributed by atoms with van der Waals surface area (Å²) in [7, 11) is 0. The molecule has 0 spiro atoms. The lowest BCUT2D eigenvalue weighted by atomic mass is 10.5. The van der Waals surface area contributed by atoms with Crippen molar-refractivity contribution >= 4 is 0 Å². The zero-order valence-corrected chi connectivity index (χ0v) is 5.17. The first-order valence-electron chi connectivity index (χ1n) is 2.79. The predicted molar refractivity (Wildman–Crippen MR) is 31.4 cm³/mol. The summed E-state index contributed by atoms with van der Waals surface area (Å²) in [6.45, 7) is 3.45. The first kappa shape index (κ1) is 7.88. The van der Waals surface area contributed by atoms with Crippen molar-refractivity contribution in [3.63, 3.8) is 0 Å². The molecular weight excluding hydrogens is 106 g/mol. The molecule has 0 aromatic rings. The lowest BCUT2D eigenvalue weighted by Gasteiger charge is -2.13. The van der Waals surface area contributed by atoms with Gasteiger partial charge >= 0.3 is 0 Å². The minimum absolute atomic E-state index is 0.0388. The normalized spacial score (nSPS) is 10.5. The van der Waals surface area contributed by atoms with Crippen molar-refractivity contribution in [2.45, 2.75) is 6.92 Å². The Kier molecular flexibility index (Phi) is 4.95. The van der Waals surface area contributed by atoms with Crippen LogP contribution < -0.4 is 0 Å². The second-order valence-corrected chi connectivity index (χ2v) is 1.58. The fraction of sp³-hybridized carbons (Fsp3) is 1.00. The second kappa shape index (κ2) is 5.03. The number of aliphatic hydroxyl groups excluding tert-OH is 2. The van der Waals surface area contributed by atoms with E-state index in [9.17, 15) is 0 Å². The van der Waals surface area contributed by atoms with Crippen LogP contribution in [0.15, 0.2) is 0 Å². The molecule has 0 bridgehead atoms. The third kappa shape index (κ3) is 2.96. The molecule has 3 heteroatoms. The minimum Gasteiger partial charge on any atom is -0.395 e. The first-order chi connectivity index (χ1) is 3.85. The van der Waals surface area contributed by atoms with Gasteiger partial charge in [-0.1, -0.05) is 6.92 Å². The van der Waals surface area contributed by atoms with Crippen LogP contribution in [0.5, 0.6) is 0 Å². The van der Waals surface area contributed by atoms with Crippen molar-refractivity contribution in [1.29, 1.82) is 0 Å². The molecule has 0 fully saturated rings. The topological polar surface area (TPSA) is 43.7 Å². The predicted octanol–water partition coefficient (Wildman–Crippen LogP) is -0.750. The third-order valence-electron chi connectivity index (χ3n) is 1.06. The molecule has 2 N–H and O–H groups in total. The van der Waals surface area contributed by atoms with E-state index in [4.69, 9.17) is 10.2 Å². The van der Waals surface area contributed by atoms with Gasteiger partial charge in [0.25, 0.3) is 0 Å². The highest BCUT2D eigenvalue weighted by atomic mass is 16.3. The molecule has 0 rings (SSSR count). The van der Waals surface area contributed by atoms with E-state index in [-0.39, 0.29) is 13.3 Å². The van der Waals surface area contributed by atoms with Gasteiger partial charge in [0.05, 0.1) is 13.3 Å². The van der Waals surface area contributed by atoms with E-state index >= 15 is 0 Å². The molecule has 3 nitrogen and oxygen atoms in total. The van der Waals surface area contributed by atoms with Crippen molar-refractivity contribution in [2.24, 2.45) is 0 Å². The van der Waals surface area contributed by atoms with Crippen LogP contribution >= 0.6 is 0 Å². The summed E-state index contributed by atoms with van der Waals surface area (Å²) in [6, 6.07) is 0. The van der Waals surface area contributed by atoms with E-state index in [1.54, 1.807) is 4.90 Å². The Hall–Kier alpha value is -0.120. The summed E-state index contributed by atoms with van der Waals surface area (Å²) in [4.78, 5) is 1.74. The zero-order chi connectivity index (χ0) is 6.41. The van der Waals surface area contributed by atoms with E-state index < -0.39 is 0 Å². The molecule has 8 heavy (non-hydrogen) atoms. The molecule has 50 valence electrons. The van der Waals surface area contributed by atoms with Gasteiger partial charge in [0, 0.05) is 6.54 Å². The number of aliphatic hydroxyl groups is 2. The molecule has 0 amide bonds. The van der Waals surface area contributed by atoms with Crippen LogP contribution in [-0.2, 0) is 0 Å². The van der Waals surface area contributed by atoms with Gasteiger partial charge in [0.15, 0.2) is 0 Å². The summed E-state index contributed by atoms with van der Waals surface area (Å²) in [5.74, 6) is 0. The second-order valence-electron chi connectivity index (χ2n) is 1.58. The highest BCUT2D eigenvalue weighted by Crippen LogP contribution is 1.80. The summed E-state index contributed by atoms with van der Waals surface area (Å²) in [5.41, 5.74) is 0. The average molecular weight is 119 g/mol. The molecule has 0 saturated heterocycles. The van der Waals surface area contributed by atoms with Crippen LogP contribution in [0.3, 0.4) is 0 Å². The Labute approximate surface area is 49.5 Å². The molecule has 0 aromatic heterocycles. The smallest absolute Gasteiger partial charge is 0.0957 e. The van der Waals surface area contributed by atoms with Crippen LogP contribution in [0.25, 0.3) is 0 Å². The van der Waals surface area contributed by atoms with Gasteiger partial charge < -0.3 is 10.2 Å². The van der Waals surface area contributed by atoms with Crippen molar-refractivity contribution in [3.05, 3.63) is 0 Å². The fourth-order valence-corrected chi connectivity index (χ4v) is 0.470. The highest BCUT2D eigenvalue weighted by molar-refractivity contribution is 4.44. The van der Waals surface area contributed by atoms with E-state index in [0.29, 0.717) is 6.54 Å². The van der Waals surface area contributed by atoms with Crippen LogP contribution in [0.2, 0.25) is 0 Å². The van der Waals surface area contributed by atoms with E-state index in [0.717, 1.165) is 6.54 Å². The highest BCUT2D eigenvalue weighted by Gasteiger charge is 1.94. The Morgan fingerprint density at radius 3 is 2.12 bits per heavy atom. The maximum atomic E-state index is 8.47. The van der Waals surface area contributed by atoms with Crippen LogP contribution in [-0.4, -0.2) is 41.5 Å². The van der Waals surface area contributed by atoms with Gasteiger partial charge in [0.2, 0.25) is 0 Å². The quantitative estimate of drug-likeness (QED) is 0.479. The molecule has 0 aliphatic carbocycles. The van der Waals surface area contributed by atoms with Gasteiger partial charge in [-0.25, -0.2) is 0 Å². The van der Waals surface area contributed by atoms with Crippen molar-refractivity contribution in [1.82, 2.24) is 4.90 Å². The summed E-state index contributed by atoms with van der Waals surface area (Å²) >= 11 is 0. The largest absolute Gasteiger partial charge is 0.395 e. The van der Waals surface area contributed by atoms with E-state index in [2.05, 4.69) is 0 Å². The molecule has 0 aliphatic rings. The van der Waals surface area contributed by atoms with E-state index in [1.807, 2.05) is 6.92 Å². The molecule has 0 aromatic carbocycles. The molecule has 0 heterocycles. The standard InChI is InChI=1S/C5H13NO2/c1-2-6(5-8)3-4-7/h7-8H,2-5H2,1H3. The Morgan fingerprint density at radius 2 is 2.00 bits per heavy atom. The number of likely N-dealkylation sites (N-methyl/N-ethyl adjacent to an activating group) is 1. The Morgan fingerprint density at radius 1 is 1.38 bits per heavy atom. The zero-order valence-electron chi connectivity index (χ0n) is 5.17. The number of hydrogen-bond acceptors (Lipinski definition) is 3. The van der Waals surface area contributed by atoms with Gasteiger partial charge in [0.1, 0.15) is 0 Å². The minimum atomic E-state index is 0.0388. The van der Waals surface area contributed by atoms with Crippen molar-refractivity contribution in [2.75, 3.05) is 26.4 Å². The van der Waals surface area contributed by atoms with Crippen LogP contribution in [0.1, 0.15) is 6.92 Å². The maximum Gasteiger partial charge on any atom is 0.0957 e. The lowest BCUT2D eigenvalue weighted by Crippen LogP contribution is -2.27. The monoisotopic (exact) mass is 119 g/mol. The SMILES string of the molecule is CCN(CO)CCO. The molecule has 0 radical (unpaired) electrons. The molecule has 0 aliphatic heterocycles. The number of rotatable bonds is 4. The number of hydrogen-bond donors (Lipinski definition) is 2. The Balaban J connectivity index is 3.07. The fourth-order valence-electron chi connectivity index (χ4n) is 0.470. The van der Waals surface area contributed by atoms with Crippen LogP contribution in [0.4, 0.5) is 0 Å². The maximum absolute atomic E-state index is 8.47. The van der Waals surface area contributed by atoms with Gasteiger partial charge in [-0.2, -0.15) is 0 Å². The van der Waals surface area contributed by atoms with Gasteiger partial charge in [-0.05, 0) is 6.54 Å².